The summed E-state index contributed by atoms with van der Waals surface area (Å²) in [6.07, 6.45) is 13.6. The number of rotatable bonds is 3. The van der Waals surface area contributed by atoms with Crippen LogP contribution in [0.1, 0.15) is 51.9 Å². The molecule has 0 amide bonds. The van der Waals surface area contributed by atoms with Gasteiger partial charge in [0.1, 0.15) is 0 Å². The van der Waals surface area contributed by atoms with Gasteiger partial charge in [-0.1, -0.05) is 18.2 Å². The fraction of sp³-hybridized carbons (Fsp3) is 0.789. The van der Waals surface area contributed by atoms with Crippen LogP contribution in [0, 0.1) is 23.7 Å². The van der Waals surface area contributed by atoms with E-state index < -0.39 is 0 Å². The van der Waals surface area contributed by atoms with Crippen LogP contribution >= 0.6 is 0 Å². The highest BCUT2D eigenvalue weighted by Crippen LogP contribution is 2.41. The molecule has 1 aliphatic heterocycles. The van der Waals surface area contributed by atoms with Gasteiger partial charge in [0.2, 0.25) is 0 Å². The van der Waals surface area contributed by atoms with E-state index in [2.05, 4.69) is 12.2 Å². The summed E-state index contributed by atoms with van der Waals surface area (Å²) in [6.45, 7) is 3.63. The van der Waals surface area contributed by atoms with E-state index in [1.807, 2.05) is 13.0 Å². The van der Waals surface area contributed by atoms with Crippen LogP contribution < -0.4 is 0 Å². The zero-order chi connectivity index (χ0) is 15.4. The first-order valence-corrected chi connectivity index (χ1v) is 8.96. The number of allylic oxidation sites excluding steroid dienone is 3. The zero-order valence-electron chi connectivity index (χ0n) is 13.7. The third-order valence-corrected chi connectivity index (χ3v) is 5.68. The van der Waals surface area contributed by atoms with Crippen molar-refractivity contribution in [3.63, 3.8) is 0 Å². The molecular formula is C19H29FO2. The van der Waals surface area contributed by atoms with Gasteiger partial charge in [0.25, 0.3) is 0 Å². The monoisotopic (exact) mass is 308 g/mol. The quantitative estimate of drug-likeness (QED) is 0.682. The lowest BCUT2D eigenvalue weighted by Gasteiger charge is -2.39. The van der Waals surface area contributed by atoms with Gasteiger partial charge in [-0.2, -0.15) is 0 Å². The normalized spacial score (nSPS) is 40.6. The van der Waals surface area contributed by atoms with Crippen molar-refractivity contribution < 1.29 is 13.9 Å². The molecule has 1 saturated carbocycles. The summed E-state index contributed by atoms with van der Waals surface area (Å²) in [6, 6.07) is 0. The topological polar surface area (TPSA) is 18.5 Å². The van der Waals surface area contributed by atoms with Crippen LogP contribution in [0.4, 0.5) is 4.39 Å². The molecule has 0 radical (unpaired) electrons. The highest BCUT2D eigenvalue weighted by Gasteiger charge is 2.34. The number of hydrogen-bond donors (Lipinski definition) is 0. The van der Waals surface area contributed by atoms with E-state index >= 15 is 0 Å². The Kier molecular flexibility index (Phi) is 5.70. The minimum Gasteiger partial charge on any atom is -0.352 e. The number of ether oxygens (including phenoxy) is 2. The van der Waals surface area contributed by atoms with E-state index in [9.17, 15) is 4.39 Å². The van der Waals surface area contributed by atoms with E-state index in [-0.39, 0.29) is 12.1 Å². The van der Waals surface area contributed by atoms with Crippen LogP contribution in [0.25, 0.3) is 0 Å². The van der Waals surface area contributed by atoms with Crippen molar-refractivity contribution in [2.24, 2.45) is 23.7 Å². The van der Waals surface area contributed by atoms with E-state index in [1.54, 1.807) is 0 Å². The number of hydrogen-bond acceptors (Lipinski definition) is 2. The first kappa shape index (κ1) is 16.2. The molecule has 2 nitrogen and oxygen atoms in total. The van der Waals surface area contributed by atoms with Gasteiger partial charge in [-0.15, -0.1) is 0 Å². The van der Waals surface area contributed by atoms with E-state index in [4.69, 9.17) is 9.47 Å². The molecule has 0 N–H and O–H groups in total. The average molecular weight is 308 g/mol. The Morgan fingerprint density at radius 2 is 1.68 bits per heavy atom. The summed E-state index contributed by atoms with van der Waals surface area (Å²) in [5.41, 5.74) is 0. The molecule has 1 unspecified atom stereocenters. The zero-order valence-corrected chi connectivity index (χ0v) is 13.7. The fourth-order valence-corrected chi connectivity index (χ4v) is 4.33. The van der Waals surface area contributed by atoms with Crippen molar-refractivity contribution in [1.29, 1.82) is 0 Å². The first-order chi connectivity index (χ1) is 10.8. The fourth-order valence-electron chi connectivity index (χ4n) is 4.33. The lowest BCUT2D eigenvalue weighted by molar-refractivity contribution is -0.223. The summed E-state index contributed by atoms with van der Waals surface area (Å²) in [7, 11) is 0. The number of halogens is 1. The Labute approximate surface area is 133 Å². The molecule has 3 rings (SSSR count). The standard InChI is InChI=1S/C19H29FO2/c1-2-3-14-12-21-19(22-13-14)17-6-4-15(5-7-17)16-8-10-18(20)11-9-16/h2-3,10,14-17,19H,4-9,11-13H2,1H3/b3-2+/t14-,15-,16?,17-,19-. The van der Waals surface area contributed by atoms with Crippen molar-refractivity contribution in [3.05, 3.63) is 24.1 Å². The Morgan fingerprint density at radius 3 is 2.27 bits per heavy atom. The lowest BCUT2D eigenvalue weighted by atomic mass is 9.72. The SMILES string of the molecule is C/C=C/[C@H]1CO[C@H]([C@H]2CC[C@H](C3CC=C(F)CC3)CC2)OC1. The molecule has 0 bridgehead atoms. The van der Waals surface area contributed by atoms with Crippen LogP contribution in [0.2, 0.25) is 0 Å². The third kappa shape index (κ3) is 3.99. The molecule has 0 aromatic rings. The second-order valence-electron chi connectivity index (χ2n) is 7.18. The molecule has 0 aromatic heterocycles. The van der Waals surface area contributed by atoms with Crippen molar-refractivity contribution in [3.8, 4) is 0 Å². The predicted octanol–water partition coefficient (Wildman–Crippen LogP) is 5.01. The molecule has 2 aliphatic carbocycles. The lowest BCUT2D eigenvalue weighted by Crippen LogP contribution is -2.38. The summed E-state index contributed by atoms with van der Waals surface area (Å²) >= 11 is 0. The molecule has 1 heterocycles. The van der Waals surface area contributed by atoms with Gasteiger partial charge in [0.05, 0.1) is 19.0 Å². The van der Waals surface area contributed by atoms with Gasteiger partial charge in [-0.3, -0.25) is 0 Å². The van der Waals surface area contributed by atoms with Gasteiger partial charge in [0.15, 0.2) is 6.29 Å². The maximum Gasteiger partial charge on any atom is 0.160 e. The van der Waals surface area contributed by atoms with Gasteiger partial charge in [0, 0.05) is 11.8 Å². The maximum atomic E-state index is 13.1. The minimum atomic E-state index is 0.00570. The largest absolute Gasteiger partial charge is 0.352 e. The molecule has 2 fully saturated rings. The average Bonchev–Trinajstić information content (AvgIpc) is 2.57. The molecule has 22 heavy (non-hydrogen) atoms. The predicted molar refractivity (Wildman–Crippen MR) is 86.0 cm³/mol. The molecular weight excluding hydrogens is 279 g/mol. The van der Waals surface area contributed by atoms with Gasteiger partial charge in [-0.05, 0) is 63.7 Å². The Bertz CT molecular complexity index is 402. The summed E-state index contributed by atoms with van der Waals surface area (Å²) < 4.78 is 25.0. The van der Waals surface area contributed by atoms with Crippen molar-refractivity contribution in [2.75, 3.05) is 13.2 Å². The highest BCUT2D eigenvalue weighted by atomic mass is 19.1. The van der Waals surface area contributed by atoms with Crippen molar-refractivity contribution in [1.82, 2.24) is 0 Å². The van der Waals surface area contributed by atoms with Crippen molar-refractivity contribution in [2.45, 2.75) is 58.2 Å². The summed E-state index contributed by atoms with van der Waals surface area (Å²) in [5, 5.41) is 0. The minimum absolute atomic E-state index is 0.00570. The molecule has 0 spiro atoms. The molecule has 1 atom stereocenters. The van der Waals surface area contributed by atoms with Gasteiger partial charge in [-0.25, -0.2) is 4.39 Å². The molecule has 3 heteroatoms. The second kappa shape index (κ2) is 7.74. The van der Waals surface area contributed by atoms with E-state index in [1.165, 1.54) is 25.7 Å². The Morgan fingerprint density at radius 1 is 1.00 bits per heavy atom. The van der Waals surface area contributed by atoms with E-state index in [0.717, 1.165) is 32.0 Å². The van der Waals surface area contributed by atoms with Crippen LogP contribution in [0.15, 0.2) is 24.1 Å². The Hall–Kier alpha value is -0.670. The molecule has 0 aromatic carbocycles. The summed E-state index contributed by atoms with van der Waals surface area (Å²) in [5.74, 6) is 2.55. The van der Waals surface area contributed by atoms with Crippen LogP contribution in [0.5, 0.6) is 0 Å². The first-order valence-electron chi connectivity index (χ1n) is 8.96. The molecule has 124 valence electrons. The van der Waals surface area contributed by atoms with Gasteiger partial charge < -0.3 is 9.47 Å². The molecule has 1 saturated heterocycles. The Balaban J connectivity index is 1.42. The van der Waals surface area contributed by atoms with E-state index in [0.29, 0.717) is 24.2 Å². The smallest absolute Gasteiger partial charge is 0.160 e. The third-order valence-electron chi connectivity index (χ3n) is 5.68. The summed E-state index contributed by atoms with van der Waals surface area (Å²) in [4.78, 5) is 0. The molecule has 3 aliphatic rings. The second-order valence-corrected chi connectivity index (χ2v) is 7.18. The maximum absolute atomic E-state index is 13.1. The van der Waals surface area contributed by atoms with Crippen molar-refractivity contribution >= 4 is 0 Å². The van der Waals surface area contributed by atoms with Crippen LogP contribution in [-0.2, 0) is 9.47 Å². The van der Waals surface area contributed by atoms with Gasteiger partial charge >= 0.3 is 0 Å². The van der Waals surface area contributed by atoms with Crippen LogP contribution in [-0.4, -0.2) is 19.5 Å². The highest BCUT2D eigenvalue weighted by molar-refractivity contribution is 4.99. The van der Waals surface area contributed by atoms with Crippen LogP contribution in [0.3, 0.4) is 0 Å².